The van der Waals surface area contributed by atoms with Crippen LogP contribution in [0.2, 0.25) is 0 Å². The van der Waals surface area contributed by atoms with Crippen LogP contribution in [0.15, 0.2) is 24.3 Å². The Kier molecular flexibility index (Phi) is 5.88. The fraction of sp³-hybridized carbons (Fsp3) is 0.400. The van der Waals surface area contributed by atoms with Crippen molar-refractivity contribution >= 4 is 5.97 Å². The third-order valence-electron chi connectivity index (χ3n) is 2.23. The number of carbonyl (C=O) groups excluding carboxylic acids is 1. The first kappa shape index (κ1) is 13.3. The van der Waals surface area contributed by atoms with Gasteiger partial charge in [0, 0.05) is 25.3 Å². The van der Waals surface area contributed by atoms with Crippen LogP contribution in [-0.4, -0.2) is 12.6 Å². The van der Waals surface area contributed by atoms with E-state index in [4.69, 9.17) is 4.74 Å². The Bertz CT molecular complexity index is 424. The molecule has 0 amide bonds. The van der Waals surface area contributed by atoms with E-state index < -0.39 is 0 Å². The Hall–Kier alpha value is -1.75. The molecule has 0 aliphatic carbocycles. The lowest BCUT2D eigenvalue weighted by molar-refractivity contribution is -0.140. The van der Waals surface area contributed by atoms with Crippen LogP contribution in [0.3, 0.4) is 0 Å². The van der Waals surface area contributed by atoms with Gasteiger partial charge in [-0.25, -0.2) is 0 Å². The van der Waals surface area contributed by atoms with E-state index in [9.17, 15) is 4.79 Å². The summed E-state index contributed by atoms with van der Waals surface area (Å²) in [5.41, 5.74) is 2.17. The van der Waals surface area contributed by atoms with Crippen LogP contribution in [0, 0.1) is 11.8 Å². The summed E-state index contributed by atoms with van der Waals surface area (Å²) in [6.45, 7) is 3.97. The number of benzene rings is 1. The Morgan fingerprint density at radius 3 is 2.94 bits per heavy atom. The van der Waals surface area contributed by atoms with E-state index in [0.29, 0.717) is 6.61 Å². The van der Waals surface area contributed by atoms with E-state index >= 15 is 0 Å². The number of unbranched alkanes of at least 4 members (excludes halogenated alkanes) is 1. The fourth-order valence-electron chi connectivity index (χ4n) is 1.41. The first-order chi connectivity index (χ1) is 8.22. The number of hydrogen-bond donors (Lipinski definition) is 0. The van der Waals surface area contributed by atoms with Gasteiger partial charge in [0.15, 0.2) is 0 Å². The summed E-state index contributed by atoms with van der Waals surface area (Å²) in [6, 6.07) is 8.05. The minimum Gasteiger partial charge on any atom is -0.466 e. The molecule has 0 heterocycles. The van der Waals surface area contributed by atoms with Crippen molar-refractivity contribution in [3.63, 3.8) is 0 Å². The molecule has 1 rings (SSSR count). The third kappa shape index (κ3) is 5.77. The van der Waals surface area contributed by atoms with E-state index in [-0.39, 0.29) is 5.97 Å². The molecule has 0 saturated carbocycles. The van der Waals surface area contributed by atoms with Gasteiger partial charge < -0.3 is 4.74 Å². The topological polar surface area (TPSA) is 26.3 Å². The molecule has 90 valence electrons. The second kappa shape index (κ2) is 7.51. The molecule has 0 aliphatic heterocycles. The summed E-state index contributed by atoms with van der Waals surface area (Å²) in [6.07, 6.45) is 2.75. The van der Waals surface area contributed by atoms with Crippen molar-refractivity contribution < 1.29 is 9.53 Å². The summed E-state index contributed by atoms with van der Waals surface area (Å²) in [5.74, 6) is 6.01. The van der Waals surface area contributed by atoms with Gasteiger partial charge in [0.05, 0.1) is 6.61 Å². The minimum atomic E-state index is -0.233. The largest absolute Gasteiger partial charge is 0.466 e. The van der Waals surface area contributed by atoms with Gasteiger partial charge in [-0.1, -0.05) is 30.9 Å². The standard InChI is InChI=1S/C15H18O2/c1-3-4-5-7-14-8-6-9-15(12-14)10-11-17-13(2)16/h6,8-9,12H,3-4,10-11H2,1-2H3. The van der Waals surface area contributed by atoms with Crippen molar-refractivity contribution in [2.24, 2.45) is 0 Å². The predicted octanol–water partition coefficient (Wildman–Crippen LogP) is 2.94. The Balaban J connectivity index is 2.54. The summed E-state index contributed by atoms with van der Waals surface area (Å²) in [7, 11) is 0. The minimum absolute atomic E-state index is 0.233. The highest BCUT2D eigenvalue weighted by Gasteiger charge is 1.96. The van der Waals surface area contributed by atoms with Gasteiger partial charge in [-0.15, -0.1) is 0 Å². The van der Waals surface area contributed by atoms with Gasteiger partial charge >= 0.3 is 5.97 Å². The van der Waals surface area contributed by atoms with Gasteiger partial charge in [0.25, 0.3) is 0 Å². The molecule has 17 heavy (non-hydrogen) atoms. The van der Waals surface area contributed by atoms with Crippen LogP contribution in [0.1, 0.15) is 37.8 Å². The monoisotopic (exact) mass is 230 g/mol. The van der Waals surface area contributed by atoms with Gasteiger partial charge in [-0.05, 0) is 24.1 Å². The van der Waals surface area contributed by atoms with Crippen molar-refractivity contribution in [2.45, 2.75) is 33.1 Å². The van der Waals surface area contributed by atoms with Crippen LogP contribution in [-0.2, 0) is 16.0 Å². The van der Waals surface area contributed by atoms with Crippen LogP contribution in [0.4, 0.5) is 0 Å². The van der Waals surface area contributed by atoms with Gasteiger partial charge in [-0.2, -0.15) is 0 Å². The molecule has 2 heteroatoms. The Labute approximate surface area is 103 Å². The molecule has 0 radical (unpaired) electrons. The highest BCUT2D eigenvalue weighted by Crippen LogP contribution is 2.05. The fourth-order valence-corrected chi connectivity index (χ4v) is 1.41. The molecule has 0 bridgehead atoms. The highest BCUT2D eigenvalue weighted by molar-refractivity contribution is 5.65. The smallest absolute Gasteiger partial charge is 0.302 e. The molecular formula is C15H18O2. The average Bonchev–Trinajstić information content (AvgIpc) is 2.29. The molecule has 0 N–H and O–H groups in total. The van der Waals surface area contributed by atoms with Gasteiger partial charge in [0.1, 0.15) is 0 Å². The van der Waals surface area contributed by atoms with Crippen molar-refractivity contribution in [1.82, 2.24) is 0 Å². The number of hydrogen-bond acceptors (Lipinski definition) is 2. The summed E-state index contributed by atoms with van der Waals surface area (Å²) < 4.78 is 4.91. The first-order valence-electron chi connectivity index (χ1n) is 5.93. The lowest BCUT2D eigenvalue weighted by atomic mass is 10.1. The molecule has 0 aliphatic rings. The molecule has 1 aromatic rings. The number of esters is 1. The van der Waals surface area contributed by atoms with Gasteiger partial charge in [0.2, 0.25) is 0 Å². The number of ether oxygens (including phenoxy) is 1. The lowest BCUT2D eigenvalue weighted by Crippen LogP contribution is -2.03. The molecule has 0 spiro atoms. The predicted molar refractivity (Wildman–Crippen MR) is 68.6 cm³/mol. The summed E-state index contributed by atoms with van der Waals surface area (Å²) >= 11 is 0. The summed E-state index contributed by atoms with van der Waals surface area (Å²) in [5, 5.41) is 0. The van der Waals surface area contributed by atoms with E-state index in [2.05, 4.69) is 18.8 Å². The van der Waals surface area contributed by atoms with Crippen LogP contribution < -0.4 is 0 Å². The molecule has 0 aromatic heterocycles. The lowest BCUT2D eigenvalue weighted by Gasteiger charge is -2.02. The van der Waals surface area contributed by atoms with E-state index in [1.165, 1.54) is 6.92 Å². The van der Waals surface area contributed by atoms with Crippen LogP contribution >= 0.6 is 0 Å². The van der Waals surface area contributed by atoms with Crippen molar-refractivity contribution in [3.05, 3.63) is 35.4 Å². The number of carbonyl (C=O) groups is 1. The molecule has 2 nitrogen and oxygen atoms in total. The van der Waals surface area contributed by atoms with E-state index in [1.54, 1.807) is 0 Å². The average molecular weight is 230 g/mol. The molecule has 0 saturated heterocycles. The van der Waals surface area contributed by atoms with Crippen LogP contribution in [0.5, 0.6) is 0 Å². The zero-order chi connectivity index (χ0) is 12.5. The van der Waals surface area contributed by atoms with Crippen molar-refractivity contribution in [3.8, 4) is 11.8 Å². The maximum atomic E-state index is 10.6. The molecule has 0 fully saturated rings. The highest BCUT2D eigenvalue weighted by atomic mass is 16.5. The third-order valence-corrected chi connectivity index (χ3v) is 2.23. The van der Waals surface area contributed by atoms with Crippen molar-refractivity contribution in [2.75, 3.05) is 6.61 Å². The molecule has 0 atom stereocenters. The van der Waals surface area contributed by atoms with E-state index in [0.717, 1.165) is 30.4 Å². The maximum absolute atomic E-state index is 10.6. The quantitative estimate of drug-likeness (QED) is 0.587. The van der Waals surface area contributed by atoms with Gasteiger partial charge in [-0.3, -0.25) is 4.79 Å². The molecule has 1 aromatic carbocycles. The summed E-state index contributed by atoms with van der Waals surface area (Å²) in [4.78, 5) is 10.6. The molecular weight excluding hydrogens is 212 g/mol. The van der Waals surface area contributed by atoms with Crippen molar-refractivity contribution in [1.29, 1.82) is 0 Å². The van der Waals surface area contributed by atoms with Crippen LogP contribution in [0.25, 0.3) is 0 Å². The second-order valence-corrected chi connectivity index (χ2v) is 3.84. The van der Waals surface area contributed by atoms with E-state index in [1.807, 2.05) is 24.3 Å². The second-order valence-electron chi connectivity index (χ2n) is 3.84. The normalized spacial score (nSPS) is 9.29. The Morgan fingerprint density at radius 2 is 2.24 bits per heavy atom. The first-order valence-corrected chi connectivity index (χ1v) is 5.93. The Morgan fingerprint density at radius 1 is 1.41 bits per heavy atom. The number of rotatable bonds is 4. The zero-order valence-electron chi connectivity index (χ0n) is 10.5. The zero-order valence-corrected chi connectivity index (χ0v) is 10.5. The maximum Gasteiger partial charge on any atom is 0.302 e. The molecule has 0 unspecified atom stereocenters. The SMILES string of the molecule is CCCC#Cc1cccc(CCOC(C)=O)c1.